The third-order valence-electron chi connectivity index (χ3n) is 6.95. The maximum Gasteiger partial charge on any atom is 0.333 e. The first kappa shape index (κ1) is 24.0. The summed E-state index contributed by atoms with van der Waals surface area (Å²) in [5, 5.41) is 9.87. The first-order valence-corrected chi connectivity index (χ1v) is 11.5. The van der Waals surface area contributed by atoms with Gasteiger partial charge in [-0.15, -0.1) is 0 Å². The van der Waals surface area contributed by atoms with E-state index in [0.29, 0.717) is 17.4 Å². The average Bonchev–Trinajstić information content (AvgIpc) is 3.05. The SMILES string of the molecule is COC1OC(C2=CC(=O)OC2O)CC=C1CCC=C(C)CCC1=C(C)CCCC1(C)C. The van der Waals surface area contributed by atoms with E-state index in [1.165, 1.54) is 30.9 Å². The van der Waals surface area contributed by atoms with Crippen LogP contribution in [-0.4, -0.2) is 36.9 Å². The van der Waals surface area contributed by atoms with Crippen molar-refractivity contribution >= 4 is 5.97 Å². The molecule has 5 nitrogen and oxygen atoms in total. The Morgan fingerprint density at radius 2 is 2.13 bits per heavy atom. The van der Waals surface area contributed by atoms with Gasteiger partial charge in [0.2, 0.25) is 6.29 Å². The number of carbonyl (C=O) groups excluding carboxylic acids is 1. The lowest BCUT2D eigenvalue weighted by molar-refractivity contribution is -0.157. The van der Waals surface area contributed by atoms with E-state index in [4.69, 9.17) is 14.2 Å². The third-order valence-corrected chi connectivity index (χ3v) is 6.95. The predicted molar refractivity (Wildman–Crippen MR) is 121 cm³/mol. The van der Waals surface area contributed by atoms with E-state index >= 15 is 0 Å². The molecular formula is C26H38O5. The van der Waals surface area contributed by atoms with Crippen molar-refractivity contribution in [3.05, 3.63) is 46.1 Å². The van der Waals surface area contributed by atoms with Gasteiger partial charge in [-0.1, -0.05) is 42.7 Å². The molecule has 0 fully saturated rings. The van der Waals surface area contributed by atoms with E-state index in [1.807, 2.05) is 0 Å². The van der Waals surface area contributed by atoms with Gasteiger partial charge < -0.3 is 19.3 Å². The summed E-state index contributed by atoms with van der Waals surface area (Å²) in [6.07, 6.45) is 12.2. The second-order valence-corrected chi connectivity index (χ2v) is 9.73. The minimum absolute atomic E-state index is 0.340. The fourth-order valence-electron chi connectivity index (χ4n) is 5.10. The maximum atomic E-state index is 11.4. The predicted octanol–water partition coefficient (Wildman–Crippen LogP) is 5.51. The molecule has 0 aromatic rings. The summed E-state index contributed by atoms with van der Waals surface area (Å²) in [5.41, 5.74) is 6.60. The summed E-state index contributed by atoms with van der Waals surface area (Å²) in [7, 11) is 1.62. The number of aliphatic hydroxyl groups excluding tert-OH is 1. The molecule has 2 heterocycles. The average molecular weight is 431 g/mol. The number of rotatable bonds is 8. The summed E-state index contributed by atoms with van der Waals surface area (Å²) >= 11 is 0. The Morgan fingerprint density at radius 1 is 1.35 bits per heavy atom. The molecule has 0 saturated heterocycles. The molecule has 5 heteroatoms. The minimum atomic E-state index is -1.22. The molecule has 172 valence electrons. The number of esters is 1. The Bertz CT molecular complexity index is 799. The molecular weight excluding hydrogens is 392 g/mol. The molecule has 0 amide bonds. The largest absolute Gasteiger partial charge is 0.429 e. The van der Waals surface area contributed by atoms with Gasteiger partial charge in [-0.2, -0.15) is 0 Å². The molecule has 0 radical (unpaired) electrons. The van der Waals surface area contributed by atoms with Gasteiger partial charge >= 0.3 is 5.97 Å². The Hall–Kier alpha value is -1.69. The van der Waals surface area contributed by atoms with Crippen molar-refractivity contribution in [3.63, 3.8) is 0 Å². The van der Waals surface area contributed by atoms with Gasteiger partial charge in [0.25, 0.3) is 0 Å². The highest BCUT2D eigenvalue weighted by molar-refractivity contribution is 5.85. The molecule has 2 aliphatic heterocycles. The van der Waals surface area contributed by atoms with Gasteiger partial charge in [0.15, 0.2) is 6.29 Å². The summed E-state index contributed by atoms with van der Waals surface area (Å²) in [4.78, 5) is 11.4. The van der Waals surface area contributed by atoms with Crippen molar-refractivity contribution in [2.75, 3.05) is 7.11 Å². The fraction of sp³-hybridized carbons (Fsp3) is 0.654. The Balaban J connectivity index is 1.52. The van der Waals surface area contributed by atoms with Gasteiger partial charge in [-0.25, -0.2) is 4.79 Å². The number of methoxy groups -OCH3 is 1. The molecule has 0 aromatic heterocycles. The van der Waals surface area contributed by atoms with Gasteiger partial charge in [-0.05, 0) is 76.2 Å². The first-order chi connectivity index (χ1) is 14.7. The molecule has 31 heavy (non-hydrogen) atoms. The van der Waals surface area contributed by atoms with E-state index in [9.17, 15) is 9.90 Å². The fourth-order valence-corrected chi connectivity index (χ4v) is 5.10. The highest BCUT2D eigenvalue weighted by Gasteiger charge is 2.35. The second-order valence-electron chi connectivity index (χ2n) is 9.73. The van der Waals surface area contributed by atoms with E-state index in [-0.39, 0.29) is 0 Å². The van der Waals surface area contributed by atoms with Crippen molar-refractivity contribution in [2.45, 2.75) is 97.7 Å². The second kappa shape index (κ2) is 10.3. The van der Waals surface area contributed by atoms with Gasteiger partial charge in [0, 0.05) is 18.8 Å². The van der Waals surface area contributed by atoms with E-state index in [0.717, 1.165) is 31.3 Å². The van der Waals surface area contributed by atoms with Crippen LogP contribution < -0.4 is 0 Å². The third kappa shape index (κ3) is 5.97. The van der Waals surface area contributed by atoms with Crippen LogP contribution in [0.3, 0.4) is 0 Å². The number of aliphatic hydroxyl groups is 1. The topological polar surface area (TPSA) is 65.0 Å². The van der Waals surface area contributed by atoms with Crippen molar-refractivity contribution in [2.24, 2.45) is 5.41 Å². The molecule has 3 atom stereocenters. The quantitative estimate of drug-likeness (QED) is 0.406. The Kier molecular flexibility index (Phi) is 7.95. The van der Waals surface area contributed by atoms with Crippen LogP contribution in [0.4, 0.5) is 0 Å². The summed E-state index contributed by atoms with van der Waals surface area (Å²) in [6.45, 7) is 9.32. The molecule has 1 N–H and O–H groups in total. The van der Waals surface area contributed by atoms with Crippen molar-refractivity contribution < 1.29 is 24.1 Å². The summed E-state index contributed by atoms with van der Waals surface area (Å²) in [5.74, 6) is -0.530. The lowest BCUT2D eigenvalue weighted by Gasteiger charge is -2.35. The Morgan fingerprint density at radius 3 is 2.77 bits per heavy atom. The number of hydrogen-bond donors (Lipinski definition) is 1. The highest BCUT2D eigenvalue weighted by atomic mass is 16.7. The van der Waals surface area contributed by atoms with Crippen LogP contribution in [0, 0.1) is 5.41 Å². The lowest BCUT2D eigenvalue weighted by atomic mass is 9.71. The van der Waals surface area contributed by atoms with E-state index < -0.39 is 24.7 Å². The lowest BCUT2D eigenvalue weighted by Crippen LogP contribution is -2.33. The van der Waals surface area contributed by atoms with Crippen molar-refractivity contribution in [1.82, 2.24) is 0 Å². The van der Waals surface area contributed by atoms with E-state index in [2.05, 4.69) is 39.8 Å². The van der Waals surface area contributed by atoms with Crippen molar-refractivity contribution in [3.8, 4) is 0 Å². The van der Waals surface area contributed by atoms with Crippen LogP contribution in [0.25, 0.3) is 0 Å². The molecule has 1 aliphatic carbocycles. The number of allylic oxidation sites excluding steroid dienone is 4. The highest BCUT2D eigenvalue weighted by Crippen LogP contribution is 2.42. The molecule has 3 rings (SSSR count). The zero-order valence-corrected chi connectivity index (χ0v) is 19.7. The van der Waals surface area contributed by atoms with Gasteiger partial charge in [0.05, 0.1) is 6.10 Å². The van der Waals surface area contributed by atoms with Crippen LogP contribution in [0.2, 0.25) is 0 Å². The van der Waals surface area contributed by atoms with E-state index in [1.54, 1.807) is 18.3 Å². The van der Waals surface area contributed by atoms with Crippen LogP contribution in [0.15, 0.2) is 46.1 Å². The van der Waals surface area contributed by atoms with Crippen LogP contribution in [-0.2, 0) is 19.0 Å². The molecule has 3 aliphatic rings. The summed E-state index contributed by atoms with van der Waals surface area (Å²) < 4.78 is 16.3. The maximum absolute atomic E-state index is 11.4. The molecule has 0 spiro atoms. The normalized spacial score (nSPS) is 29.0. The number of cyclic esters (lactones) is 1. The Labute approximate surface area is 186 Å². The molecule has 0 aromatic carbocycles. The molecule has 0 bridgehead atoms. The van der Waals surface area contributed by atoms with Gasteiger partial charge in [-0.3, -0.25) is 0 Å². The van der Waals surface area contributed by atoms with Crippen LogP contribution in [0.1, 0.15) is 79.1 Å². The zero-order valence-electron chi connectivity index (χ0n) is 19.7. The number of carbonyl (C=O) groups is 1. The van der Waals surface area contributed by atoms with Crippen molar-refractivity contribution in [1.29, 1.82) is 0 Å². The monoisotopic (exact) mass is 430 g/mol. The van der Waals surface area contributed by atoms with Gasteiger partial charge in [0.1, 0.15) is 0 Å². The smallest absolute Gasteiger partial charge is 0.333 e. The van der Waals surface area contributed by atoms with Crippen LogP contribution in [0.5, 0.6) is 0 Å². The summed E-state index contributed by atoms with van der Waals surface area (Å²) in [6, 6.07) is 0. The first-order valence-electron chi connectivity index (χ1n) is 11.5. The minimum Gasteiger partial charge on any atom is -0.429 e. The number of ether oxygens (including phenoxy) is 3. The number of hydrogen-bond acceptors (Lipinski definition) is 5. The molecule has 0 saturated carbocycles. The zero-order chi connectivity index (χ0) is 22.6. The molecule has 3 unspecified atom stereocenters. The standard InChI is InChI=1S/C26H38O5/c1-17(11-13-21-18(2)9-7-15-26(21,3)4)8-6-10-19-12-14-22(30-25(19)29-5)20-16-23(27)31-24(20)28/h8,12,16,22,24-25,28H,6-7,9-11,13-15H2,1-5H3. The van der Waals surface area contributed by atoms with Crippen LogP contribution >= 0.6 is 0 Å².